The number of rotatable bonds is 13. The molecule has 1 saturated heterocycles. The molecule has 5 rings (SSSR count). The summed E-state index contributed by atoms with van der Waals surface area (Å²) < 4.78 is 44.9. The zero-order chi connectivity index (χ0) is 32.2. The third kappa shape index (κ3) is 8.62. The van der Waals surface area contributed by atoms with Gasteiger partial charge in [-0.15, -0.1) is 0 Å². The number of nitrogens with one attached hydrogen (secondary N) is 3. The number of nitrogens with zero attached hydrogens (tertiary/aromatic N) is 1. The monoisotopic (exact) mass is 698 g/mol. The fourth-order valence-corrected chi connectivity index (χ4v) is 10.6. The van der Waals surface area contributed by atoms with Crippen molar-refractivity contribution < 1.29 is 32.6 Å². The fraction of sp³-hybridized carbons (Fsp3) is 0.533. The molecule has 5 atom stereocenters. The van der Waals surface area contributed by atoms with Crippen LogP contribution in [0.1, 0.15) is 56.9 Å². The third-order valence-corrected chi connectivity index (χ3v) is 13.5. The molecule has 2 aromatic rings. The molecule has 2 aromatic carbocycles. The Morgan fingerprint density at radius 3 is 2.64 bits per heavy atom. The van der Waals surface area contributed by atoms with Crippen LogP contribution in [0.3, 0.4) is 0 Å². The first-order chi connectivity index (χ1) is 21.4. The lowest BCUT2D eigenvalue weighted by molar-refractivity contribution is -0.148. The van der Waals surface area contributed by atoms with Crippen molar-refractivity contribution in [3.63, 3.8) is 0 Å². The summed E-state index contributed by atoms with van der Waals surface area (Å²) in [5.41, 5.74) is 1.97. The molecule has 0 bridgehead atoms. The Labute approximate surface area is 273 Å². The van der Waals surface area contributed by atoms with E-state index in [1.807, 2.05) is 18.2 Å². The van der Waals surface area contributed by atoms with Crippen molar-refractivity contribution in [2.45, 2.75) is 85.8 Å². The Morgan fingerprint density at radius 1 is 1.13 bits per heavy atom. The number of amides is 1. The molecule has 45 heavy (non-hydrogen) atoms. The molecule has 246 valence electrons. The van der Waals surface area contributed by atoms with E-state index in [1.54, 1.807) is 6.07 Å². The van der Waals surface area contributed by atoms with Crippen LogP contribution in [0, 0.1) is 5.92 Å². The average molecular weight is 699 g/mol. The van der Waals surface area contributed by atoms with Crippen LogP contribution in [0.15, 0.2) is 52.3 Å². The lowest BCUT2D eigenvalue weighted by Gasteiger charge is -2.33. The summed E-state index contributed by atoms with van der Waals surface area (Å²) in [7, 11) is -7.85. The van der Waals surface area contributed by atoms with Crippen molar-refractivity contribution in [1.82, 2.24) is 14.3 Å². The number of sulfonamides is 1. The van der Waals surface area contributed by atoms with Crippen LogP contribution in [0.25, 0.3) is 0 Å². The number of unbranched alkanes of at least 4 members (excludes halogenated alkanes) is 1. The van der Waals surface area contributed by atoms with Gasteiger partial charge >= 0.3 is 5.97 Å². The molecule has 0 aromatic heterocycles. The normalized spacial score (nSPS) is 24.3. The van der Waals surface area contributed by atoms with Gasteiger partial charge in [0.15, 0.2) is 0 Å². The minimum atomic E-state index is -3.95. The van der Waals surface area contributed by atoms with Gasteiger partial charge in [0, 0.05) is 23.6 Å². The van der Waals surface area contributed by atoms with Crippen LogP contribution in [-0.2, 0) is 30.6 Å². The Bertz CT molecular complexity index is 1550. The van der Waals surface area contributed by atoms with Gasteiger partial charge in [-0.05, 0) is 80.5 Å². The van der Waals surface area contributed by atoms with Gasteiger partial charge in [-0.25, -0.2) is 22.7 Å². The second kappa shape index (κ2) is 14.8. The summed E-state index contributed by atoms with van der Waals surface area (Å²) in [6.07, 6.45) is 5.26. The van der Waals surface area contributed by atoms with Gasteiger partial charge < -0.3 is 20.2 Å². The molecule has 5 N–H and O–H groups in total. The van der Waals surface area contributed by atoms with Gasteiger partial charge in [-0.1, -0.05) is 54.8 Å². The van der Waals surface area contributed by atoms with E-state index in [0.717, 1.165) is 37.8 Å². The number of carboxylic acids is 1. The molecule has 1 amide bonds. The molecular weight excluding hydrogens is 659 g/mol. The smallest absolute Gasteiger partial charge is 0.326 e. The third-order valence-electron chi connectivity index (χ3n) is 8.80. The molecule has 3 aliphatic rings. The number of aliphatic carboxylic acids is 1. The standard InChI is InChI=1S/C30H40ClN4O7PS2/c31-22-17-23-26(44-34-28(33-23)13-12-20-8-2-1-3-9-20)18-27(22)45(41,42)32-14-6-7-15-43(39,40)19-29(36)35-24-11-5-4-10-21(24)16-25(35)30(37)38/h1-3,8-9,17-18,21,24-25,28,32-34H,4-7,10-16,19H2,(H,37,38)(H,39,40)/t21-,24-,25+,28?/m1/s1. The van der Waals surface area contributed by atoms with Crippen LogP contribution in [0.4, 0.5) is 5.69 Å². The number of halogens is 1. The zero-order valence-electron chi connectivity index (χ0n) is 24.9. The zero-order valence-corrected chi connectivity index (χ0v) is 28.1. The summed E-state index contributed by atoms with van der Waals surface area (Å²) in [6.45, 7) is 0.0197. The quantitative estimate of drug-likeness (QED) is 0.110. The lowest BCUT2D eigenvalue weighted by atomic mass is 9.85. The van der Waals surface area contributed by atoms with Crippen molar-refractivity contribution in [1.29, 1.82) is 0 Å². The fourth-order valence-electron chi connectivity index (χ4n) is 6.56. The summed E-state index contributed by atoms with van der Waals surface area (Å²) >= 11 is 7.75. The first kappa shape index (κ1) is 34.2. The van der Waals surface area contributed by atoms with Crippen molar-refractivity contribution in [3.05, 3.63) is 53.1 Å². The SMILES string of the molecule is O=C(O)[C@@H]1C[C@H]2CCCC[C@H]2N1C(=O)CP(=O)(O)CCCCNS(=O)(=O)c1cc2c(cc1Cl)NC(CCc1ccccc1)NS2. The summed E-state index contributed by atoms with van der Waals surface area (Å²) in [4.78, 5) is 37.4. The number of fused-ring (bicyclic) bond motifs is 2. The maximum Gasteiger partial charge on any atom is 0.326 e. The minimum absolute atomic E-state index is 0.0183. The number of hydrogen-bond donors (Lipinski definition) is 5. The van der Waals surface area contributed by atoms with Gasteiger partial charge in [-0.2, -0.15) is 0 Å². The number of likely N-dealkylation sites (tertiary alicyclic amines) is 1. The molecule has 15 heteroatoms. The number of hydrogen-bond acceptors (Lipinski definition) is 8. The van der Waals surface area contributed by atoms with Gasteiger partial charge in [0.25, 0.3) is 0 Å². The summed E-state index contributed by atoms with van der Waals surface area (Å²) in [6, 6.07) is 12.1. The summed E-state index contributed by atoms with van der Waals surface area (Å²) in [5.74, 6) is -1.55. The highest BCUT2D eigenvalue weighted by atomic mass is 35.5. The van der Waals surface area contributed by atoms with E-state index in [0.29, 0.717) is 17.7 Å². The number of carboxylic acid groups (broad SMARTS) is 1. The Hall–Kier alpha value is -2.12. The number of aryl methyl sites for hydroxylation is 1. The number of benzene rings is 2. The van der Waals surface area contributed by atoms with Crippen LogP contribution in [-0.4, -0.2) is 72.3 Å². The van der Waals surface area contributed by atoms with Gasteiger partial charge in [0.05, 0.1) is 16.9 Å². The maximum atomic E-state index is 13.1. The van der Waals surface area contributed by atoms with Crippen molar-refractivity contribution in [2.24, 2.45) is 5.92 Å². The molecule has 1 saturated carbocycles. The molecular formula is C30H40ClN4O7PS2. The van der Waals surface area contributed by atoms with Crippen LogP contribution >= 0.6 is 30.9 Å². The van der Waals surface area contributed by atoms with E-state index in [9.17, 15) is 32.6 Å². The van der Waals surface area contributed by atoms with Crippen molar-refractivity contribution >= 4 is 58.5 Å². The van der Waals surface area contributed by atoms with E-state index in [-0.39, 0.29) is 53.6 Å². The van der Waals surface area contributed by atoms with Crippen LogP contribution < -0.4 is 14.8 Å². The molecule has 2 unspecified atom stereocenters. The van der Waals surface area contributed by atoms with E-state index >= 15 is 0 Å². The van der Waals surface area contributed by atoms with E-state index in [2.05, 4.69) is 26.9 Å². The van der Waals surface area contributed by atoms with Crippen LogP contribution in [0.2, 0.25) is 5.02 Å². The predicted octanol–water partition coefficient (Wildman–Crippen LogP) is 4.89. The number of carbonyl (C=O) groups excluding carboxylic acids is 1. The highest BCUT2D eigenvalue weighted by molar-refractivity contribution is 7.97. The second-order valence-corrected chi connectivity index (χ2v) is 17.5. The first-order valence-corrected chi connectivity index (χ1v) is 20.1. The maximum absolute atomic E-state index is 13.1. The lowest BCUT2D eigenvalue weighted by Crippen LogP contribution is -2.47. The highest BCUT2D eigenvalue weighted by Gasteiger charge is 2.48. The summed E-state index contributed by atoms with van der Waals surface area (Å²) in [5, 5.41) is 13.1. The Morgan fingerprint density at radius 2 is 1.89 bits per heavy atom. The second-order valence-electron chi connectivity index (χ2n) is 12.1. The molecule has 0 spiro atoms. The topological polar surface area (TPSA) is 165 Å². The number of carbonyl (C=O) groups is 2. The van der Waals surface area contributed by atoms with Gasteiger partial charge in [0.1, 0.15) is 17.1 Å². The Balaban J connectivity index is 1.09. The largest absolute Gasteiger partial charge is 0.480 e. The number of anilines is 1. The van der Waals surface area contributed by atoms with E-state index in [1.165, 1.54) is 28.5 Å². The Kier molecular flexibility index (Phi) is 11.2. The van der Waals surface area contributed by atoms with Gasteiger partial charge in [-0.3, -0.25) is 9.36 Å². The molecule has 1 aliphatic carbocycles. The molecule has 2 heterocycles. The minimum Gasteiger partial charge on any atom is -0.480 e. The molecule has 2 fully saturated rings. The van der Waals surface area contributed by atoms with Crippen molar-refractivity contribution in [3.8, 4) is 0 Å². The molecule has 0 radical (unpaired) electrons. The average Bonchev–Trinajstić information content (AvgIpc) is 3.40. The van der Waals surface area contributed by atoms with Crippen LogP contribution in [0.5, 0.6) is 0 Å². The molecule has 2 aliphatic heterocycles. The first-order valence-electron chi connectivity index (χ1n) is 15.3. The van der Waals surface area contributed by atoms with Crippen molar-refractivity contribution in [2.75, 3.05) is 24.2 Å². The highest BCUT2D eigenvalue weighted by Crippen LogP contribution is 2.45. The van der Waals surface area contributed by atoms with E-state index < -0.39 is 41.5 Å². The van der Waals surface area contributed by atoms with Gasteiger partial charge in [0.2, 0.25) is 23.3 Å². The molecule has 11 nitrogen and oxygen atoms in total. The predicted molar refractivity (Wildman–Crippen MR) is 175 cm³/mol. The van der Waals surface area contributed by atoms with E-state index in [4.69, 9.17) is 11.6 Å².